The highest BCUT2D eigenvalue weighted by atomic mass is 16.8. The first-order valence-electron chi connectivity index (χ1n) is 5.94. The van der Waals surface area contributed by atoms with Crippen LogP contribution >= 0.6 is 0 Å². The molecule has 0 heterocycles. The lowest BCUT2D eigenvalue weighted by Crippen LogP contribution is -2.40. The Balaban J connectivity index is 3.33. The van der Waals surface area contributed by atoms with Gasteiger partial charge in [0.05, 0.1) is 39.6 Å². The molecule has 0 rings (SSSR count). The van der Waals surface area contributed by atoms with Gasteiger partial charge in [0.2, 0.25) is 0 Å². The molecule has 0 bridgehead atoms. The Morgan fingerprint density at radius 1 is 0.944 bits per heavy atom. The predicted octanol–water partition coefficient (Wildman–Crippen LogP) is -0.642. The zero-order valence-corrected chi connectivity index (χ0v) is 11.1. The van der Waals surface area contributed by atoms with Crippen molar-refractivity contribution < 1.29 is 33.9 Å². The molecule has 1 atom stereocenters. The molecule has 0 aromatic carbocycles. The van der Waals surface area contributed by atoms with Crippen LogP contribution in [0.5, 0.6) is 0 Å². The van der Waals surface area contributed by atoms with E-state index in [0.717, 1.165) is 0 Å². The van der Waals surface area contributed by atoms with E-state index in [2.05, 4.69) is 0 Å². The lowest BCUT2D eigenvalue weighted by Gasteiger charge is -2.25. The molecule has 0 aliphatic rings. The molecule has 7 nitrogen and oxygen atoms in total. The molecule has 0 saturated heterocycles. The average Bonchev–Trinajstić information content (AvgIpc) is 2.37. The van der Waals surface area contributed by atoms with E-state index in [1.54, 1.807) is 6.92 Å². The fraction of sp³-hybridized carbons (Fsp3) is 1.00. The highest BCUT2D eigenvalue weighted by Crippen LogP contribution is 2.07. The molecule has 110 valence electrons. The molecule has 0 spiro atoms. The maximum absolute atomic E-state index is 9.67. The summed E-state index contributed by atoms with van der Waals surface area (Å²) < 4.78 is 25.1. The summed E-state index contributed by atoms with van der Waals surface area (Å²) in [6, 6.07) is 0. The standard InChI is InChI=1S/C11H24O7/c1-3-18-11(13,14-2)10-17-9-8-16-7-6-15-5-4-12/h12-13H,3-10H2,1-2H3. The summed E-state index contributed by atoms with van der Waals surface area (Å²) in [7, 11) is 1.34. The third-order valence-corrected chi connectivity index (χ3v) is 1.95. The zero-order chi connectivity index (χ0) is 13.7. The van der Waals surface area contributed by atoms with Crippen LogP contribution in [-0.2, 0) is 23.7 Å². The second-order valence-corrected chi connectivity index (χ2v) is 3.35. The Labute approximate surface area is 108 Å². The monoisotopic (exact) mass is 268 g/mol. The smallest absolute Gasteiger partial charge is 0.305 e. The highest BCUT2D eigenvalue weighted by Gasteiger charge is 2.27. The van der Waals surface area contributed by atoms with Crippen LogP contribution in [0.2, 0.25) is 0 Å². The molecule has 0 aliphatic carbocycles. The van der Waals surface area contributed by atoms with Gasteiger partial charge in [-0.25, -0.2) is 0 Å². The van der Waals surface area contributed by atoms with Crippen molar-refractivity contribution in [3.05, 3.63) is 0 Å². The third-order valence-electron chi connectivity index (χ3n) is 1.95. The first-order valence-corrected chi connectivity index (χ1v) is 5.94. The number of aliphatic hydroxyl groups is 2. The number of ether oxygens (including phenoxy) is 5. The van der Waals surface area contributed by atoms with E-state index < -0.39 is 5.97 Å². The SMILES string of the molecule is CCOC(O)(COCCOCCOCCO)OC. The lowest BCUT2D eigenvalue weighted by molar-refractivity contribution is -0.365. The van der Waals surface area contributed by atoms with Gasteiger partial charge in [-0.1, -0.05) is 0 Å². The van der Waals surface area contributed by atoms with E-state index in [4.69, 9.17) is 28.8 Å². The summed E-state index contributed by atoms with van der Waals surface area (Å²) in [6.07, 6.45) is 0. The number of rotatable bonds is 13. The van der Waals surface area contributed by atoms with Crippen LogP contribution in [0, 0.1) is 0 Å². The Bertz CT molecular complexity index is 179. The fourth-order valence-electron chi connectivity index (χ4n) is 1.09. The maximum atomic E-state index is 9.67. The van der Waals surface area contributed by atoms with Crippen LogP contribution in [0.4, 0.5) is 0 Å². The summed E-state index contributed by atoms with van der Waals surface area (Å²) >= 11 is 0. The van der Waals surface area contributed by atoms with Crippen molar-refractivity contribution in [2.75, 3.05) is 60.0 Å². The van der Waals surface area contributed by atoms with Gasteiger partial charge in [0, 0.05) is 13.7 Å². The number of hydrogen-bond donors (Lipinski definition) is 2. The molecule has 1 unspecified atom stereocenters. The van der Waals surface area contributed by atoms with Crippen LogP contribution in [0.15, 0.2) is 0 Å². The van der Waals surface area contributed by atoms with Gasteiger partial charge in [-0.3, -0.25) is 0 Å². The van der Waals surface area contributed by atoms with Crippen molar-refractivity contribution in [1.82, 2.24) is 0 Å². The molecule has 7 heteroatoms. The molecule has 18 heavy (non-hydrogen) atoms. The molecular formula is C11H24O7. The maximum Gasteiger partial charge on any atom is 0.305 e. The quantitative estimate of drug-likeness (QED) is 0.339. The van der Waals surface area contributed by atoms with Gasteiger partial charge >= 0.3 is 5.97 Å². The van der Waals surface area contributed by atoms with Crippen molar-refractivity contribution in [2.24, 2.45) is 0 Å². The fourth-order valence-corrected chi connectivity index (χ4v) is 1.09. The summed E-state index contributed by atoms with van der Waals surface area (Å²) in [5.41, 5.74) is 0. The van der Waals surface area contributed by atoms with E-state index >= 15 is 0 Å². The zero-order valence-electron chi connectivity index (χ0n) is 11.1. The van der Waals surface area contributed by atoms with Gasteiger partial charge in [0.1, 0.15) is 6.61 Å². The summed E-state index contributed by atoms with van der Waals surface area (Å²) in [5.74, 6) is -1.70. The van der Waals surface area contributed by atoms with Gasteiger partial charge in [0.15, 0.2) is 0 Å². The molecule has 0 aromatic rings. The van der Waals surface area contributed by atoms with Crippen molar-refractivity contribution >= 4 is 0 Å². The van der Waals surface area contributed by atoms with Gasteiger partial charge in [-0.05, 0) is 6.92 Å². The van der Waals surface area contributed by atoms with Crippen LogP contribution in [0.3, 0.4) is 0 Å². The van der Waals surface area contributed by atoms with Crippen molar-refractivity contribution in [3.8, 4) is 0 Å². The summed E-state index contributed by atoms with van der Waals surface area (Å²) in [5, 5.41) is 18.1. The van der Waals surface area contributed by atoms with Gasteiger partial charge in [-0.2, -0.15) is 0 Å². The molecular weight excluding hydrogens is 244 g/mol. The molecule has 2 N–H and O–H groups in total. The minimum Gasteiger partial charge on any atom is -0.394 e. The van der Waals surface area contributed by atoms with Crippen LogP contribution < -0.4 is 0 Å². The number of hydrogen-bond acceptors (Lipinski definition) is 7. The van der Waals surface area contributed by atoms with Crippen LogP contribution in [0.25, 0.3) is 0 Å². The molecule has 0 amide bonds. The van der Waals surface area contributed by atoms with Gasteiger partial charge < -0.3 is 33.9 Å². The molecule has 0 saturated carbocycles. The van der Waals surface area contributed by atoms with E-state index in [-0.39, 0.29) is 13.2 Å². The molecule has 0 radical (unpaired) electrons. The van der Waals surface area contributed by atoms with E-state index in [1.165, 1.54) is 7.11 Å². The Morgan fingerprint density at radius 3 is 2.00 bits per heavy atom. The van der Waals surface area contributed by atoms with Crippen LogP contribution in [-0.4, -0.2) is 76.2 Å². The molecule has 0 fully saturated rings. The van der Waals surface area contributed by atoms with Crippen molar-refractivity contribution in [1.29, 1.82) is 0 Å². The second kappa shape index (κ2) is 11.8. The Hall–Kier alpha value is -0.280. The van der Waals surface area contributed by atoms with E-state index in [0.29, 0.717) is 39.6 Å². The first-order chi connectivity index (χ1) is 8.68. The Kier molecular flexibility index (Phi) is 11.6. The topological polar surface area (TPSA) is 86.6 Å². The van der Waals surface area contributed by atoms with Gasteiger partial charge in [0.25, 0.3) is 0 Å². The van der Waals surface area contributed by atoms with E-state index in [1.807, 2.05) is 0 Å². The molecule has 0 aromatic heterocycles. The summed E-state index contributed by atoms with van der Waals surface area (Å²) in [6.45, 7) is 3.89. The average molecular weight is 268 g/mol. The minimum atomic E-state index is -1.70. The number of aliphatic hydroxyl groups excluding tert-OH is 1. The van der Waals surface area contributed by atoms with Crippen LogP contribution in [0.1, 0.15) is 6.92 Å². The van der Waals surface area contributed by atoms with Gasteiger partial charge in [-0.15, -0.1) is 0 Å². The Morgan fingerprint density at radius 2 is 1.50 bits per heavy atom. The van der Waals surface area contributed by atoms with Crippen molar-refractivity contribution in [3.63, 3.8) is 0 Å². The second-order valence-electron chi connectivity index (χ2n) is 3.35. The van der Waals surface area contributed by atoms with E-state index in [9.17, 15) is 5.11 Å². The third kappa shape index (κ3) is 9.72. The minimum absolute atomic E-state index is 0.0101. The highest BCUT2D eigenvalue weighted by molar-refractivity contribution is 4.50. The lowest BCUT2D eigenvalue weighted by atomic mass is 10.5. The summed E-state index contributed by atoms with van der Waals surface area (Å²) in [4.78, 5) is 0. The predicted molar refractivity (Wildman–Crippen MR) is 63.1 cm³/mol. The normalized spacial score (nSPS) is 14.7. The largest absolute Gasteiger partial charge is 0.394 e. The molecule has 0 aliphatic heterocycles. The number of methoxy groups -OCH3 is 1. The first kappa shape index (κ1) is 17.7. The van der Waals surface area contributed by atoms with Crippen molar-refractivity contribution in [2.45, 2.75) is 12.9 Å².